The Bertz CT molecular complexity index is 324. The summed E-state index contributed by atoms with van der Waals surface area (Å²) in [7, 11) is 0. The molecule has 0 aromatic rings. The van der Waals surface area contributed by atoms with Gasteiger partial charge in [0.15, 0.2) is 0 Å². The SMILES string of the molecule is CC[C@H](C)NC(=O)C(=O)NCCC1=CCCCC1. The molecule has 1 atom stereocenters. The molecule has 0 aromatic carbocycles. The van der Waals surface area contributed by atoms with Gasteiger partial charge in [-0.2, -0.15) is 0 Å². The van der Waals surface area contributed by atoms with E-state index >= 15 is 0 Å². The number of hydrogen-bond donors (Lipinski definition) is 2. The highest BCUT2D eigenvalue weighted by molar-refractivity contribution is 6.35. The van der Waals surface area contributed by atoms with Crippen LogP contribution in [0.5, 0.6) is 0 Å². The second-order valence-electron chi connectivity index (χ2n) is 4.90. The van der Waals surface area contributed by atoms with Gasteiger partial charge in [0.25, 0.3) is 0 Å². The van der Waals surface area contributed by atoms with Gasteiger partial charge in [-0.05, 0) is 45.4 Å². The minimum absolute atomic E-state index is 0.0457. The average Bonchev–Trinajstić information content (AvgIpc) is 2.39. The van der Waals surface area contributed by atoms with Crippen molar-refractivity contribution < 1.29 is 9.59 Å². The van der Waals surface area contributed by atoms with E-state index in [4.69, 9.17) is 0 Å². The minimum atomic E-state index is -0.526. The quantitative estimate of drug-likeness (QED) is 0.580. The van der Waals surface area contributed by atoms with Crippen LogP contribution in [0.15, 0.2) is 11.6 Å². The molecular formula is C14H24N2O2. The number of amides is 2. The molecule has 2 N–H and O–H groups in total. The largest absolute Gasteiger partial charge is 0.348 e. The van der Waals surface area contributed by atoms with E-state index in [9.17, 15) is 9.59 Å². The van der Waals surface area contributed by atoms with Crippen LogP contribution >= 0.6 is 0 Å². The lowest BCUT2D eigenvalue weighted by atomic mass is 9.97. The zero-order valence-electron chi connectivity index (χ0n) is 11.4. The Balaban J connectivity index is 2.20. The van der Waals surface area contributed by atoms with E-state index in [1.807, 2.05) is 13.8 Å². The molecule has 0 saturated heterocycles. The van der Waals surface area contributed by atoms with Crippen molar-refractivity contribution in [3.05, 3.63) is 11.6 Å². The summed E-state index contributed by atoms with van der Waals surface area (Å²) in [6.07, 6.45) is 8.75. The van der Waals surface area contributed by atoms with Gasteiger partial charge < -0.3 is 10.6 Å². The number of allylic oxidation sites excluding steroid dienone is 1. The first-order valence-electron chi connectivity index (χ1n) is 6.90. The van der Waals surface area contributed by atoms with Gasteiger partial charge in [0.2, 0.25) is 0 Å². The third-order valence-corrected chi connectivity index (χ3v) is 3.31. The Morgan fingerprint density at radius 2 is 2.11 bits per heavy atom. The third-order valence-electron chi connectivity index (χ3n) is 3.31. The van der Waals surface area contributed by atoms with Crippen LogP contribution < -0.4 is 10.6 Å². The van der Waals surface area contributed by atoms with E-state index in [0.29, 0.717) is 6.54 Å². The van der Waals surface area contributed by atoms with Crippen molar-refractivity contribution in [1.82, 2.24) is 10.6 Å². The number of nitrogens with one attached hydrogen (secondary N) is 2. The lowest BCUT2D eigenvalue weighted by Gasteiger charge is -2.14. The summed E-state index contributed by atoms with van der Waals surface area (Å²) in [5.41, 5.74) is 1.41. The molecule has 18 heavy (non-hydrogen) atoms. The van der Waals surface area contributed by atoms with E-state index in [1.54, 1.807) is 0 Å². The molecule has 0 heterocycles. The van der Waals surface area contributed by atoms with Crippen molar-refractivity contribution in [2.24, 2.45) is 0 Å². The zero-order chi connectivity index (χ0) is 13.4. The van der Waals surface area contributed by atoms with Crippen LogP contribution in [-0.4, -0.2) is 24.4 Å². The maximum absolute atomic E-state index is 11.5. The molecule has 0 unspecified atom stereocenters. The topological polar surface area (TPSA) is 58.2 Å². The first-order chi connectivity index (χ1) is 8.63. The van der Waals surface area contributed by atoms with Gasteiger partial charge in [0.1, 0.15) is 0 Å². The summed E-state index contributed by atoms with van der Waals surface area (Å²) in [5.74, 6) is -1.05. The van der Waals surface area contributed by atoms with E-state index in [2.05, 4.69) is 16.7 Å². The normalized spacial score (nSPS) is 16.7. The molecule has 2 amide bonds. The van der Waals surface area contributed by atoms with Crippen LogP contribution in [0.4, 0.5) is 0 Å². The Morgan fingerprint density at radius 1 is 1.33 bits per heavy atom. The third kappa shape index (κ3) is 5.34. The molecule has 1 rings (SSSR count). The maximum atomic E-state index is 11.5. The molecule has 1 aliphatic carbocycles. The van der Waals surface area contributed by atoms with Gasteiger partial charge in [0.05, 0.1) is 0 Å². The van der Waals surface area contributed by atoms with Gasteiger partial charge in [-0.1, -0.05) is 18.6 Å². The smallest absolute Gasteiger partial charge is 0.309 e. The molecular weight excluding hydrogens is 228 g/mol. The number of carbonyl (C=O) groups is 2. The Hall–Kier alpha value is -1.32. The highest BCUT2D eigenvalue weighted by atomic mass is 16.2. The van der Waals surface area contributed by atoms with Crippen LogP contribution in [0.25, 0.3) is 0 Å². The molecule has 0 saturated carbocycles. The standard InChI is InChI=1S/C14H24N2O2/c1-3-11(2)16-14(18)13(17)15-10-9-12-7-5-4-6-8-12/h7,11H,3-6,8-10H2,1-2H3,(H,15,17)(H,16,18)/t11-/m0/s1. The number of carbonyl (C=O) groups excluding carboxylic acids is 2. The fourth-order valence-corrected chi connectivity index (χ4v) is 1.94. The van der Waals surface area contributed by atoms with E-state index in [0.717, 1.165) is 25.7 Å². The summed E-state index contributed by atoms with van der Waals surface area (Å²) in [6.45, 7) is 4.41. The lowest BCUT2D eigenvalue weighted by molar-refractivity contribution is -0.139. The molecule has 0 aliphatic heterocycles. The molecule has 0 fully saturated rings. The molecule has 4 heteroatoms. The molecule has 1 aliphatic rings. The first kappa shape index (κ1) is 14.7. The fourth-order valence-electron chi connectivity index (χ4n) is 1.94. The lowest BCUT2D eigenvalue weighted by Crippen LogP contribution is -2.43. The molecule has 4 nitrogen and oxygen atoms in total. The van der Waals surface area contributed by atoms with Gasteiger partial charge in [-0.25, -0.2) is 0 Å². The van der Waals surface area contributed by atoms with E-state index in [1.165, 1.54) is 18.4 Å². The van der Waals surface area contributed by atoms with Crippen molar-refractivity contribution in [3.8, 4) is 0 Å². The minimum Gasteiger partial charge on any atom is -0.348 e. The molecule has 0 spiro atoms. The summed E-state index contributed by atoms with van der Waals surface area (Å²) in [4.78, 5) is 23.0. The Kier molecular flexibility index (Phi) is 6.47. The van der Waals surface area contributed by atoms with Crippen LogP contribution in [0, 0.1) is 0 Å². The number of hydrogen-bond acceptors (Lipinski definition) is 2. The second-order valence-corrected chi connectivity index (χ2v) is 4.90. The van der Waals surface area contributed by atoms with Crippen molar-refractivity contribution in [2.45, 2.75) is 58.4 Å². The molecule has 0 aromatic heterocycles. The van der Waals surface area contributed by atoms with Crippen LogP contribution in [0.2, 0.25) is 0 Å². The second kappa shape index (κ2) is 7.90. The number of rotatable bonds is 5. The highest BCUT2D eigenvalue weighted by Gasteiger charge is 2.14. The van der Waals surface area contributed by atoms with E-state index in [-0.39, 0.29) is 6.04 Å². The summed E-state index contributed by atoms with van der Waals surface area (Å²) in [5, 5.41) is 5.32. The van der Waals surface area contributed by atoms with Crippen molar-refractivity contribution in [3.63, 3.8) is 0 Å². The predicted octanol–water partition coefficient (Wildman–Crippen LogP) is 1.91. The van der Waals surface area contributed by atoms with Gasteiger partial charge in [-0.3, -0.25) is 9.59 Å². The summed E-state index contributed by atoms with van der Waals surface area (Å²) in [6, 6.07) is 0.0457. The van der Waals surface area contributed by atoms with Crippen molar-refractivity contribution >= 4 is 11.8 Å². The first-order valence-corrected chi connectivity index (χ1v) is 6.90. The Morgan fingerprint density at radius 3 is 2.72 bits per heavy atom. The predicted molar refractivity (Wildman–Crippen MR) is 72.1 cm³/mol. The average molecular weight is 252 g/mol. The Labute approximate surface area is 109 Å². The zero-order valence-corrected chi connectivity index (χ0v) is 11.4. The van der Waals surface area contributed by atoms with Crippen molar-refractivity contribution in [1.29, 1.82) is 0 Å². The van der Waals surface area contributed by atoms with Crippen molar-refractivity contribution in [2.75, 3.05) is 6.54 Å². The van der Waals surface area contributed by atoms with Crippen LogP contribution in [0.3, 0.4) is 0 Å². The van der Waals surface area contributed by atoms with Gasteiger partial charge in [-0.15, -0.1) is 0 Å². The van der Waals surface area contributed by atoms with Crippen LogP contribution in [-0.2, 0) is 9.59 Å². The summed E-state index contributed by atoms with van der Waals surface area (Å²) >= 11 is 0. The molecule has 102 valence electrons. The van der Waals surface area contributed by atoms with Gasteiger partial charge >= 0.3 is 11.8 Å². The van der Waals surface area contributed by atoms with Crippen LogP contribution in [0.1, 0.15) is 52.4 Å². The maximum Gasteiger partial charge on any atom is 0.309 e. The fraction of sp³-hybridized carbons (Fsp3) is 0.714. The molecule has 0 radical (unpaired) electrons. The highest BCUT2D eigenvalue weighted by Crippen LogP contribution is 2.19. The molecule has 0 bridgehead atoms. The van der Waals surface area contributed by atoms with Gasteiger partial charge in [0, 0.05) is 12.6 Å². The summed E-state index contributed by atoms with van der Waals surface area (Å²) < 4.78 is 0. The monoisotopic (exact) mass is 252 g/mol. The van der Waals surface area contributed by atoms with E-state index < -0.39 is 11.8 Å².